The summed E-state index contributed by atoms with van der Waals surface area (Å²) in [5.74, 6) is 0.187. The zero-order chi connectivity index (χ0) is 14.5. The lowest BCUT2D eigenvalue weighted by Gasteiger charge is -2.21. The minimum atomic E-state index is -0.142. The Morgan fingerprint density at radius 2 is 2.00 bits per heavy atom. The van der Waals surface area contributed by atoms with Crippen molar-refractivity contribution in [1.82, 2.24) is 10.9 Å². The Morgan fingerprint density at radius 3 is 2.65 bits per heavy atom. The molecule has 0 heterocycles. The Morgan fingerprint density at radius 1 is 1.30 bits per heavy atom. The van der Waals surface area contributed by atoms with E-state index in [0.29, 0.717) is 11.5 Å². The number of benzene rings is 1. The summed E-state index contributed by atoms with van der Waals surface area (Å²) in [5, 5.41) is 0. The van der Waals surface area contributed by atoms with Crippen molar-refractivity contribution in [2.24, 2.45) is 5.92 Å². The van der Waals surface area contributed by atoms with Crippen LogP contribution in [0.2, 0.25) is 0 Å². The van der Waals surface area contributed by atoms with Crippen LogP contribution < -0.4 is 10.9 Å². The molecule has 0 bridgehead atoms. The molecular weight excluding hydrogens is 248 g/mol. The number of nitrogens with one attached hydrogen (secondary N) is 2. The first kappa shape index (κ1) is 14.1. The van der Waals surface area contributed by atoms with Gasteiger partial charge in [-0.15, -0.1) is 0 Å². The molecule has 2 rings (SSSR count). The molecule has 1 amide bonds. The molecule has 3 nitrogen and oxygen atoms in total. The summed E-state index contributed by atoms with van der Waals surface area (Å²) in [7, 11) is 0. The Balaban J connectivity index is 2.01. The Hall–Kier alpha value is -2.29. The van der Waals surface area contributed by atoms with Gasteiger partial charge in [-0.1, -0.05) is 42.5 Å². The van der Waals surface area contributed by atoms with Crippen LogP contribution >= 0.6 is 0 Å². The van der Waals surface area contributed by atoms with E-state index >= 15 is 0 Å². The fraction of sp³-hybridized carbons (Fsp3) is 0.235. The summed E-state index contributed by atoms with van der Waals surface area (Å²) in [5.41, 5.74) is 9.57. The lowest BCUT2D eigenvalue weighted by molar-refractivity contribution is 0.0939. The number of allylic oxidation sites excluding steroid dienone is 4. The van der Waals surface area contributed by atoms with Gasteiger partial charge < -0.3 is 0 Å². The Kier molecular flexibility index (Phi) is 4.41. The molecule has 0 aromatic heterocycles. The largest absolute Gasteiger partial charge is 0.298 e. The minimum Gasteiger partial charge on any atom is -0.298 e. The highest BCUT2D eigenvalue weighted by atomic mass is 16.2. The van der Waals surface area contributed by atoms with Gasteiger partial charge >= 0.3 is 0 Å². The van der Waals surface area contributed by atoms with Crippen LogP contribution in [0, 0.1) is 5.92 Å². The lowest BCUT2D eigenvalue weighted by atomic mass is 9.90. The van der Waals surface area contributed by atoms with Crippen molar-refractivity contribution in [3.05, 3.63) is 71.5 Å². The van der Waals surface area contributed by atoms with Crippen LogP contribution in [0.3, 0.4) is 0 Å². The second kappa shape index (κ2) is 6.24. The van der Waals surface area contributed by atoms with Gasteiger partial charge in [-0.25, -0.2) is 0 Å². The molecule has 1 aromatic rings. The minimum absolute atomic E-state index is 0.142. The van der Waals surface area contributed by atoms with Gasteiger partial charge in [-0.05, 0) is 38.0 Å². The zero-order valence-corrected chi connectivity index (χ0v) is 11.9. The number of carbonyl (C=O) groups is 1. The highest BCUT2D eigenvalue weighted by molar-refractivity contribution is 5.93. The number of carbonyl (C=O) groups excluding carboxylic acids is 1. The predicted molar refractivity (Wildman–Crippen MR) is 81.8 cm³/mol. The lowest BCUT2D eigenvalue weighted by Crippen LogP contribution is -2.37. The quantitative estimate of drug-likeness (QED) is 0.649. The molecule has 20 heavy (non-hydrogen) atoms. The van der Waals surface area contributed by atoms with Crippen molar-refractivity contribution in [1.29, 1.82) is 0 Å². The van der Waals surface area contributed by atoms with E-state index in [2.05, 4.69) is 29.6 Å². The molecule has 0 radical (unpaired) electrons. The van der Waals surface area contributed by atoms with Gasteiger partial charge in [0.25, 0.3) is 5.91 Å². The van der Waals surface area contributed by atoms with Crippen molar-refractivity contribution < 1.29 is 4.79 Å². The summed E-state index contributed by atoms with van der Waals surface area (Å²) in [4.78, 5) is 12.0. The van der Waals surface area contributed by atoms with Crippen LogP contribution in [0.15, 0.2) is 65.9 Å². The van der Waals surface area contributed by atoms with Crippen LogP contribution in [0.25, 0.3) is 0 Å². The van der Waals surface area contributed by atoms with E-state index in [1.165, 1.54) is 0 Å². The topological polar surface area (TPSA) is 41.1 Å². The van der Waals surface area contributed by atoms with Crippen molar-refractivity contribution in [3.63, 3.8) is 0 Å². The molecule has 1 aliphatic rings. The number of hydrogen-bond acceptors (Lipinski definition) is 2. The highest BCUT2D eigenvalue weighted by Gasteiger charge is 2.14. The van der Waals surface area contributed by atoms with Gasteiger partial charge in [0.05, 0.1) is 5.70 Å². The molecule has 1 unspecified atom stereocenters. The van der Waals surface area contributed by atoms with E-state index in [9.17, 15) is 4.79 Å². The van der Waals surface area contributed by atoms with E-state index in [0.717, 1.165) is 23.3 Å². The first-order valence-corrected chi connectivity index (χ1v) is 6.73. The summed E-state index contributed by atoms with van der Waals surface area (Å²) in [6.07, 6.45) is 5.25. The van der Waals surface area contributed by atoms with Gasteiger partial charge in [0, 0.05) is 11.5 Å². The van der Waals surface area contributed by atoms with E-state index in [1.807, 2.05) is 32.0 Å². The molecule has 1 aromatic carbocycles. The van der Waals surface area contributed by atoms with E-state index < -0.39 is 0 Å². The smallest absolute Gasteiger partial charge is 0.269 e. The number of amides is 1. The number of hydrazine groups is 1. The monoisotopic (exact) mass is 268 g/mol. The van der Waals surface area contributed by atoms with Crippen molar-refractivity contribution in [3.8, 4) is 0 Å². The molecule has 0 saturated heterocycles. The molecule has 1 atom stereocenters. The standard InChI is InChI=1S/C17H20N2O/c1-12(2)15-10-9-13(3)16(11-15)18-19-17(20)14-7-5-4-6-8-14/h4-9,11,15,18H,1,10H2,2-3H3,(H,19,20). The highest BCUT2D eigenvalue weighted by Crippen LogP contribution is 2.25. The normalized spacial score (nSPS) is 17.8. The SMILES string of the molecule is C=C(C)C1C=C(NNC(=O)c2ccccc2)C(C)=CC1. The number of hydrogen-bond donors (Lipinski definition) is 2. The number of rotatable bonds is 4. The Labute approximate surface area is 120 Å². The van der Waals surface area contributed by atoms with Crippen molar-refractivity contribution >= 4 is 5.91 Å². The predicted octanol–water partition coefficient (Wildman–Crippen LogP) is 3.35. The van der Waals surface area contributed by atoms with E-state index in [1.54, 1.807) is 12.1 Å². The third-order valence-electron chi connectivity index (χ3n) is 3.45. The van der Waals surface area contributed by atoms with Gasteiger partial charge in [0.1, 0.15) is 0 Å². The molecule has 0 aliphatic heterocycles. The molecule has 2 N–H and O–H groups in total. The molecule has 0 spiro atoms. The van der Waals surface area contributed by atoms with Gasteiger partial charge in [-0.3, -0.25) is 15.6 Å². The fourth-order valence-electron chi connectivity index (χ4n) is 2.08. The second-order valence-corrected chi connectivity index (χ2v) is 5.10. The average Bonchev–Trinajstić information content (AvgIpc) is 2.46. The van der Waals surface area contributed by atoms with Crippen LogP contribution in [-0.4, -0.2) is 5.91 Å². The first-order chi connectivity index (χ1) is 9.58. The van der Waals surface area contributed by atoms with Crippen LogP contribution in [0.5, 0.6) is 0 Å². The Bertz CT molecular complexity index is 570. The molecule has 104 valence electrons. The average molecular weight is 268 g/mol. The summed E-state index contributed by atoms with van der Waals surface area (Å²) in [6, 6.07) is 9.14. The van der Waals surface area contributed by atoms with Gasteiger partial charge in [0.15, 0.2) is 0 Å². The van der Waals surface area contributed by atoms with Crippen molar-refractivity contribution in [2.75, 3.05) is 0 Å². The van der Waals surface area contributed by atoms with Crippen molar-refractivity contribution in [2.45, 2.75) is 20.3 Å². The van der Waals surface area contributed by atoms with Gasteiger partial charge in [0.2, 0.25) is 0 Å². The van der Waals surface area contributed by atoms with Gasteiger partial charge in [-0.2, -0.15) is 0 Å². The third-order valence-corrected chi connectivity index (χ3v) is 3.45. The second-order valence-electron chi connectivity index (χ2n) is 5.10. The maximum atomic E-state index is 12.0. The molecular formula is C17H20N2O. The summed E-state index contributed by atoms with van der Waals surface area (Å²) in [6.45, 7) is 8.05. The zero-order valence-electron chi connectivity index (χ0n) is 11.9. The summed E-state index contributed by atoms with van der Waals surface area (Å²) >= 11 is 0. The fourth-order valence-corrected chi connectivity index (χ4v) is 2.08. The summed E-state index contributed by atoms with van der Waals surface area (Å²) < 4.78 is 0. The molecule has 0 saturated carbocycles. The molecule has 3 heteroatoms. The maximum absolute atomic E-state index is 12.0. The molecule has 0 fully saturated rings. The van der Waals surface area contributed by atoms with E-state index in [4.69, 9.17) is 0 Å². The molecule has 1 aliphatic carbocycles. The third kappa shape index (κ3) is 3.38. The van der Waals surface area contributed by atoms with Crippen LogP contribution in [0.1, 0.15) is 30.6 Å². The van der Waals surface area contributed by atoms with Crippen LogP contribution in [-0.2, 0) is 0 Å². The van der Waals surface area contributed by atoms with Crippen LogP contribution in [0.4, 0.5) is 0 Å². The first-order valence-electron chi connectivity index (χ1n) is 6.73. The van der Waals surface area contributed by atoms with E-state index in [-0.39, 0.29) is 5.91 Å². The maximum Gasteiger partial charge on any atom is 0.269 e.